The molecule has 12 nitrogen and oxygen atoms in total. The highest BCUT2D eigenvalue weighted by molar-refractivity contribution is 7.87. The van der Waals surface area contributed by atoms with E-state index >= 15 is 0 Å². The number of nitrogen functional groups attached to an aromatic ring is 1. The lowest BCUT2D eigenvalue weighted by atomic mass is 10.0. The predicted octanol–water partition coefficient (Wildman–Crippen LogP) is 0.307. The van der Waals surface area contributed by atoms with Crippen LogP contribution in [0.4, 0.5) is 5.82 Å². The van der Waals surface area contributed by atoms with Gasteiger partial charge in [0.2, 0.25) is 0 Å². The molecule has 30 heavy (non-hydrogen) atoms. The Morgan fingerprint density at radius 1 is 1.33 bits per heavy atom. The lowest BCUT2D eigenvalue weighted by molar-refractivity contribution is -0.120. The molecule has 3 heterocycles. The molecular weight excluding hydrogens is 416 g/mol. The number of carbonyl (C=O) groups is 1. The van der Waals surface area contributed by atoms with Gasteiger partial charge in [0.1, 0.15) is 24.2 Å². The zero-order valence-electron chi connectivity index (χ0n) is 16.8. The second-order valence-electron chi connectivity index (χ2n) is 7.14. The third-order valence-electron chi connectivity index (χ3n) is 4.79. The molecule has 0 saturated carbocycles. The highest BCUT2D eigenvalue weighted by Crippen LogP contribution is 2.28. The average Bonchev–Trinajstić information content (AvgIpc) is 3.28. The Morgan fingerprint density at radius 3 is 2.83 bits per heavy atom. The summed E-state index contributed by atoms with van der Waals surface area (Å²) in [7, 11) is -4.07. The molecule has 0 spiro atoms. The highest BCUT2D eigenvalue weighted by atomic mass is 32.2. The van der Waals surface area contributed by atoms with Gasteiger partial charge in [-0.15, -0.1) is 0 Å². The van der Waals surface area contributed by atoms with Crippen LogP contribution in [-0.2, 0) is 28.6 Å². The summed E-state index contributed by atoms with van der Waals surface area (Å²) in [5.41, 5.74) is 12.5. The number of fused-ring (bicyclic) bond motifs is 1. The lowest BCUT2D eigenvalue weighted by Crippen LogP contribution is -2.29. The van der Waals surface area contributed by atoms with Crippen molar-refractivity contribution >= 4 is 32.9 Å². The van der Waals surface area contributed by atoms with Gasteiger partial charge in [-0.1, -0.05) is 26.7 Å². The van der Waals surface area contributed by atoms with Crippen molar-refractivity contribution in [2.24, 2.45) is 11.7 Å². The molecule has 1 aliphatic rings. The summed E-state index contributed by atoms with van der Waals surface area (Å²) in [6.45, 7) is 3.28. The molecule has 0 aromatic carbocycles. The summed E-state index contributed by atoms with van der Waals surface area (Å²) in [5.74, 6) is -1.21. The van der Waals surface area contributed by atoms with Gasteiger partial charge in [-0.2, -0.15) is 8.42 Å². The molecule has 1 saturated heterocycles. The van der Waals surface area contributed by atoms with Crippen LogP contribution in [0.25, 0.3) is 11.2 Å². The third kappa shape index (κ3) is 5.10. The summed E-state index contributed by atoms with van der Waals surface area (Å²) < 4.78 is 41.9. The van der Waals surface area contributed by atoms with E-state index in [-0.39, 0.29) is 17.5 Å². The molecule has 166 valence electrons. The van der Waals surface area contributed by atoms with Gasteiger partial charge in [-0.3, -0.25) is 13.5 Å². The molecule has 0 aliphatic carbocycles. The first-order valence-electron chi connectivity index (χ1n) is 9.61. The maximum Gasteiger partial charge on any atom is 0.274 e. The Kier molecular flexibility index (Phi) is 6.98. The number of hydrogen-bond donors (Lipinski definition) is 2. The van der Waals surface area contributed by atoms with E-state index in [4.69, 9.17) is 25.1 Å². The van der Waals surface area contributed by atoms with E-state index in [1.165, 1.54) is 17.2 Å². The predicted molar refractivity (Wildman–Crippen MR) is 106 cm³/mol. The van der Waals surface area contributed by atoms with Crippen LogP contribution in [0.5, 0.6) is 0 Å². The van der Waals surface area contributed by atoms with Crippen molar-refractivity contribution in [1.29, 1.82) is 0 Å². The van der Waals surface area contributed by atoms with Crippen LogP contribution in [0, 0.1) is 5.92 Å². The van der Waals surface area contributed by atoms with Crippen LogP contribution in [-0.4, -0.2) is 58.6 Å². The second kappa shape index (κ2) is 9.31. The Morgan fingerprint density at radius 2 is 2.10 bits per heavy atom. The number of nitrogens with two attached hydrogens (primary N) is 2. The summed E-state index contributed by atoms with van der Waals surface area (Å²) in [6.07, 6.45) is 2.34. The zero-order valence-corrected chi connectivity index (χ0v) is 17.6. The van der Waals surface area contributed by atoms with E-state index < -0.39 is 41.2 Å². The standard InChI is InChI=1S/C17H26N6O6S/c1-3-4-5-10(2)11(24)7-30(25,26)27-6-12-28-15(19)17(29-12)23-9-22-13-14(18)20-8-21-16(13)23/h8-10,12,15,17H,3-7,19H2,1-2H3,(H2,18,20,21)/t10-,12+,15+,17+/m0/s1. The minimum atomic E-state index is -4.07. The first-order valence-corrected chi connectivity index (χ1v) is 11.2. The van der Waals surface area contributed by atoms with Gasteiger partial charge >= 0.3 is 0 Å². The molecule has 2 aromatic heterocycles. The molecule has 1 aliphatic heterocycles. The molecule has 2 aromatic rings. The number of aromatic nitrogens is 4. The van der Waals surface area contributed by atoms with Crippen molar-refractivity contribution in [3.05, 3.63) is 12.7 Å². The number of nitrogens with zero attached hydrogens (tertiary/aromatic N) is 4. The van der Waals surface area contributed by atoms with E-state index in [0.717, 1.165) is 12.8 Å². The van der Waals surface area contributed by atoms with Gasteiger partial charge in [-0.25, -0.2) is 15.0 Å². The van der Waals surface area contributed by atoms with Crippen molar-refractivity contribution in [2.45, 2.75) is 51.9 Å². The average molecular weight is 442 g/mol. The van der Waals surface area contributed by atoms with Crippen LogP contribution in [0.1, 0.15) is 39.3 Å². The third-order valence-corrected chi connectivity index (χ3v) is 5.92. The Balaban J connectivity index is 1.58. The molecule has 1 fully saturated rings. The molecule has 4 atom stereocenters. The first kappa shape index (κ1) is 22.5. The van der Waals surface area contributed by atoms with Crippen molar-refractivity contribution in [1.82, 2.24) is 19.5 Å². The second-order valence-corrected chi connectivity index (χ2v) is 8.78. The number of anilines is 1. The van der Waals surface area contributed by atoms with Gasteiger partial charge in [0.05, 0.1) is 6.33 Å². The molecule has 4 N–H and O–H groups in total. The van der Waals surface area contributed by atoms with E-state index in [2.05, 4.69) is 15.0 Å². The van der Waals surface area contributed by atoms with E-state index in [0.29, 0.717) is 17.6 Å². The summed E-state index contributed by atoms with van der Waals surface area (Å²) in [5, 5.41) is 0. The minimum absolute atomic E-state index is 0.204. The van der Waals surface area contributed by atoms with Crippen molar-refractivity contribution in [2.75, 3.05) is 18.1 Å². The summed E-state index contributed by atoms with van der Waals surface area (Å²) >= 11 is 0. The van der Waals surface area contributed by atoms with Crippen molar-refractivity contribution in [3.8, 4) is 0 Å². The van der Waals surface area contributed by atoms with Crippen molar-refractivity contribution in [3.63, 3.8) is 0 Å². The van der Waals surface area contributed by atoms with E-state index in [1.54, 1.807) is 6.92 Å². The number of hydrogen-bond acceptors (Lipinski definition) is 11. The Hall–Kier alpha value is -2.19. The molecule has 13 heteroatoms. The van der Waals surface area contributed by atoms with Gasteiger partial charge in [-0.05, 0) is 6.42 Å². The fourth-order valence-electron chi connectivity index (χ4n) is 3.05. The molecule has 0 bridgehead atoms. The van der Waals surface area contributed by atoms with Crippen LogP contribution in [0.2, 0.25) is 0 Å². The molecular formula is C17H26N6O6S. The van der Waals surface area contributed by atoms with Gasteiger partial charge in [0.15, 0.2) is 36.0 Å². The topological polar surface area (TPSA) is 175 Å². The molecule has 0 unspecified atom stereocenters. The SMILES string of the molecule is CCCC[C@H](C)C(=O)CS(=O)(=O)OC[C@@H]1O[C@@H](N)[C@H](n2cnc3c(N)ncnc32)O1. The maximum absolute atomic E-state index is 12.1. The monoisotopic (exact) mass is 442 g/mol. The zero-order chi connectivity index (χ0) is 21.9. The molecule has 3 rings (SSSR count). The number of ketones is 1. The lowest BCUT2D eigenvalue weighted by Gasteiger charge is -2.14. The largest absolute Gasteiger partial charge is 0.382 e. The number of Topliss-reactive ketones (excluding diaryl/α,β-unsaturated/α-hetero) is 1. The van der Waals surface area contributed by atoms with E-state index in [1.807, 2.05) is 6.92 Å². The van der Waals surface area contributed by atoms with Gasteiger partial charge < -0.3 is 20.9 Å². The van der Waals surface area contributed by atoms with Gasteiger partial charge in [0.25, 0.3) is 10.1 Å². The fraction of sp³-hybridized carbons (Fsp3) is 0.647. The minimum Gasteiger partial charge on any atom is -0.382 e. The first-order chi connectivity index (χ1) is 14.2. The molecule has 0 amide bonds. The van der Waals surface area contributed by atoms with E-state index in [9.17, 15) is 13.2 Å². The number of imidazole rings is 1. The van der Waals surface area contributed by atoms with Crippen LogP contribution >= 0.6 is 0 Å². The van der Waals surface area contributed by atoms with Crippen molar-refractivity contribution < 1.29 is 26.9 Å². The Labute approximate surface area is 174 Å². The van der Waals surface area contributed by atoms with Crippen LogP contribution in [0.15, 0.2) is 12.7 Å². The smallest absolute Gasteiger partial charge is 0.274 e. The number of ether oxygens (including phenoxy) is 2. The Bertz CT molecular complexity index is 996. The maximum atomic E-state index is 12.1. The summed E-state index contributed by atoms with van der Waals surface area (Å²) in [4.78, 5) is 24.2. The van der Waals surface area contributed by atoms with Gasteiger partial charge in [0, 0.05) is 5.92 Å². The number of rotatable bonds is 10. The summed E-state index contributed by atoms with van der Waals surface area (Å²) in [6, 6.07) is 0. The number of unbranched alkanes of at least 4 members (excludes halogenated alkanes) is 1. The fourth-order valence-corrected chi connectivity index (χ4v) is 4.09. The number of carbonyl (C=O) groups excluding carboxylic acids is 1. The van der Waals surface area contributed by atoms with Crippen LogP contribution < -0.4 is 11.5 Å². The van der Waals surface area contributed by atoms with Crippen LogP contribution in [0.3, 0.4) is 0 Å². The highest BCUT2D eigenvalue weighted by Gasteiger charge is 2.37. The molecule has 0 radical (unpaired) electrons. The quantitative estimate of drug-likeness (QED) is 0.484. The normalized spacial score (nSPS) is 23.1.